The Morgan fingerprint density at radius 1 is 1.45 bits per heavy atom. The minimum Gasteiger partial charge on any atom is -0.320 e. The summed E-state index contributed by atoms with van der Waals surface area (Å²) in [6.07, 6.45) is 5.75. The molecule has 2 rings (SSSR count). The summed E-state index contributed by atoms with van der Waals surface area (Å²) in [5, 5.41) is 0. The lowest BCUT2D eigenvalue weighted by molar-refractivity contribution is 1.09. The molecule has 0 fully saturated rings. The summed E-state index contributed by atoms with van der Waals surface area (Å²) in [5.74, 6) is 0. The van der Waals surface area contributed by atoms with Crippen LogP contribution in [-0.4, -0.2) is 9.38 Å². The van der Waals surface area contributed by atoms with Gasteiger partial charge in [-0.1, -0.05) is 0 Å². The van der Waals surface area contributed by atoms with Crippen molar-refractivity contribution in [1.29, 1.82) is 0 Å². The summed E-state index contributed by atoms with van der Waals surface area (Å²) < 4.78 is 3.15. The maximum atomic E-state index is 4.19. The van der Waals surface area contributed by atoms with E-state index in [1.165, 1.54) is 0 Å². The minimum absolute atomic E-state index is 1.05. The monoisotopic (exact) mass is 210 g/mol. The van der Waals surface area contributed by atoms with Crippen molar-refractivity contribution >= 4 is 21.4 Å². The van der Waals surface area contributed by atoms with Gasteiger partial charge in [-0.3, -0.25) is 4.98 Å². The molecule has 0 radical (unpaired) electrons. The van der Waals surface area contributed by atoms with E-state index >= 15 is 0 Å². The number of hydrogen-bond acceptors (Lipinski definition) is 1. The van der Waals surface area contributed by atoms with Crippen LogP contribution in [0.1, 0.15) is 5.69 Å². The molecule has 2 nitrogen and oxygen atoms in total. The van der Waals surface area contributed by atoms with Gasteiger partial charge in [0.1, 0.15) is 0 Å². The van der Waals surface area contributed by atoms with Gasteiger partial charge in [-0.15, -0.1) is 0 Å². The van der Waals surface area contributed by atoms with Gasteiger partial charge in [0, 0.05) is 23.1 Å². The van der Waals surface area contributed by atoms with Crippen molar-refractivity contribution in [3.63, 3.8) is 0 Å². The second kappa shape index (κ2) is 2.34. The lowest BCUT2D eigenvalue weighted by Gasteiger charge is -1.96. The largest absolute Gasteiger partial charge is 0.320 e. The Bertz CT molecular complexity index is 392. The van der Waals surface area contributed by atoms with Gasteiger partial charge in [-0.05, 0) is 28.9 Å². The molecular formula is C8H7BrN2. The fourth-order valence-electron chi connectivity index (χ4n) is 1.18. The van der Waals surface area contributed by atoms with Crippen LogP contribution < -0.4 is 0 Å². The second-order valence-corrected chi connectivity index (χ2v) is 3.29. The molecule has 2 aromatic heterocycles. The van der Waals surface area contributed by atoms with Crippen molar-refractivity contribution in [3.8, 4) is 0 Å². The van der Waals surface area contributed by atoms with Crippen molar-refractivity contribution in [2.45, 2.75) is 6.92 Å². The highest BCUT2D eigenvalue weighted by atomic mass is 79.9. The molecule has 0 aromatic carbocycles. The predicted molar refractivity (Wildman–Crippen MR) is 47.6 cm³/mol. The van der Waals surface area contributed by atoms with Crippen LogP contribution in [0.15, 0.2) is 29.1 Å². The first kappa shape index (κ1) is 6.85. The molecule has 0 saturated carbocycles. The van der Waals surface area contributed by atoms with E-state index < -0.39 is 0 Å². The number of nitrogens with zero attached hydrogens (tertiary/aromatic N) is 2. The molecule has 0 aliphatic carbocycles. The molecule has 0 atom stereocenters. The summed E-state index contributed by atoms with van der Waals surface area (Å²) in [5.41, 5.74) is 2.19. The molecule has 3 heteroatoms. The van der Waals surface area contributed by atoms with Crippen LogP contribution in [0.3, 0.4) is 0 Å². The van der Waals surface area contributed by atoms with Gasteiger partial charge >= 0.3 is 0 Å². The molecule has 0 bridgehead atoms. The molecule has 0 N–H and O–H groups in total. The third-order valence-corrected chi connectivity index (χ3v) is 2.34. The Kier molecular flexibility index (Phi) is 1.46. The van der Waals surface area contributed by atoms with Gasteiger partial charge in [0.15, 0.2) is 0 Å². The molecule has 11 heavy (non-hydrogen) atoms. The third kappa shape index (κ3) is 0.959. The molecule has 0 saturated heterocycles. The highest BCUT2D eigenvalue weighted by Gasteiger charge is 2.01. The number of fused-ring (bicyclic) bond motifs is 1. The molecule has 2 aromatic rings. The Morgan fingerprint density at radius 2 is 2.27 bits per heavy atom. The lowest BCUT2D eigenvalue weighted by Crippen LogP contribution is -1.87. The predicted octanol–water partition coefficient (Wildman–Crippen LogP) is 2.41. The van der Waals surface area contributed by atoms with Crippen LogP contribution in [-0.2, 0) is 0 Å². The van der Waals surface area contributed by atoms with Crippen molar-refractivity contribution in [2.24, 2.45) is 0 Å². The molecule has 0 amide bonds. The maximum Gasteiger partial charge on any atom is 0.0808 e. The van der Waals surface area contributed by atoms with Crippen LogP contribution in [0, 0.1) is 6.92 Å². The zero-order valence-electron chi connectivity index (χ0n) is 6.08. The van der Waals surface area contributed by atoms with E-state index in [-0.39, 0.29) is 0 Å². The maximum absolute atomic E-state index is 4.19. The topological polar surface area (TPSA) is 17.3 Å². The average molecular weight is 211 g/mol. The van der Waals surface area contributed by atoms with Gasteiger partial charge in [-0.25, -0.2) is 0 Å². The Labute approximate surface area is 73.0 Å². The molecule has 2 heterocycles. The van der Waals surface area contributed by atoms with Crippen LogP contribution in [0.2, 0.25) is 0 Å². The van der Waals surface area contributed by atoms with Crippen LogP contribution in [0.25, 0.3) is 5.52 Å². The Balaban J connectivity index is 2.96. The first-order valence-corrected chi connectivity index (χ1v) is 4.16. The molecule has 0 aliphatic heterocycles. The second-order valence-electron chi connectivity index (χ2n) is 2.43. The summed E-state index contributed by atoms with van der Waals surface area (Å²) in [7, 11) is 0. The van der Waals surface area contributed by atoms with Crippen molar-refractivity contribution < 1.29 is 0 Å². The van der Waals surface area contributed by atoms with E-state index in [9.17, 15) is 0 Å². The summed E-state index contributed by atoms with van der Waals surface area (Å²) in [4.78, 5) is 4.19. The molecule has 0 aliphatic rings. The Hall–Kier alpha value is -0.830. The van der Waals surface area contributed by atoms with E-state index in [0.29, 0.717) is 0 Å². The smallest absolute Gasteiger partial charge is 0.0808 e. The summed E-state index contributed by atoms with van der Waals surface area (Å²) in [6, 6.07) is 2.02. The highest BCUT2D eigenvalue weighted by Crippen LogP contribution is 2.20. The van der Waals surface area contributed by atoms with E-state index in [2.05, 4.69) is 20.9 Å². The van der Waals surface area contributed by atoms with Crippen LogP contribution >= 0.6 is 15.9 Å². The zero-order valence-corrected chi connectivity index (χ0v) is 7.67. The van der Waals surface area contributed by atoms with Crippen molar-refractivity contribution in [3.05, 3.63) is 34.8 Å². The molecular weight excluding hydrogens is 204 g/mol. The van der Waals surface area contributed by atoms with Gasteiger partial charge in [0.2, 0.25) is 0 Å². The quantitative estimate of drug-likeness (QED) is 0.653. The molecule has 0 spiro atoms. The van der Waals surface area contributed by atoms with Crippen LogP contribution in [0.5, 0.6) is 0 Å². The lowest BCUT2D eigenvalue weighted by atomic mass is 10.4. The van der Waals surface area contributed by atoms with E-state index in [1.54, 1.807) is 6.20 Å². The fraction of sp³-hybridized carbons (Fsp3) is 0.125. The number of halogens is 1. The fourth-order valence-corrected chi connectivity index (χ4v) is 1.79. The first-order valence-electron chi connectivity index (χ1n) is 3.37. The van der Waals surface area contributed by atoms with E-state index in [0.717, 1.165) is 15.7 Å². The number of hydrogen-bond donors (Lipinski definition) is 0. The van der Waals surface area contributed by atoms with Gasteiger partial charge in [-0.2, -0.15) is 0 Å². The normalized spacial score (nSPS) is 10.7. The average Bonchev–Trinajstić information content (AvgIpc) is 2.34. The molecule has 0 unspecified atom stereocenters. The van der Waals surface area contributed by atoms with E-state index in [4.69, 9.17) is 0 Å². The minimum atomic E-state index is 1.05. The van der Waals surface area contributed by atoms with Gasteiger partial charge in [0.25, 0.3) is 0 Å². The Morgan fingerprint density at radius 3 is 3.00 bits per heavy atom. The summed E-state index contributed by atoms with van der Waals surface area (Å²) in [6.45, 7) is 2.00. The zero-order chi connectivity index (χ0) is 7.84. The third-order valence-electron chi connectivity index (χ3n) is 1.70. The highest BCUT2D eigenvalue weighted by molar-refractivity contribution is 9.10. The SMILES string of the molecule is Cc1nccn2ccc(Br)c12. The van der Waals surface area contributed by atoms with Crippen molar-refractivity contribution in [1.82, 2.24) is 9.38 Å². The summed E-state index contributed by atoms with van der Waals surface area (Å²) >= 11 is 3.46. The standard InChI is InChI=1S/C8H7BrN2/c1-6-8-7(9)2-4-11(8)5-3-10-6/h2-5H,1H3. The van der Waals surface area contributed by atoms with Crippen LogP contribution in [0.4, 0.5) is 0 Å². The first-order chi connectivity index (χ1) is 5.29. The van der Waals surface area contributed by atoms with Crippen molar-refractivity contribution in [2.75, 3.05) is 0 Å². The molecule has 56 valence electrons. The number of rotatable bonds is 0. The van der Waals surface area contributed by atoms with Gasteiger partial charge in [0.05, 0.1) is 11.2 Å². The number of aryl methyl sites for hydroxylation is 1. The van der Waals surface area contributed by atoms with E-state index in [1.807, 2.05) is 29.8 Å². The van der Waals surface area contributed by atoms with Gasteiger partial charge < -0.3 is 4.40 Å². The number of aromatic nitrogens is 2.